The Labute approximate surface area is 129 Å². The molecule has 1 amide bonds. The lowest BCUT2D eigenvalue weighted by Gasteiger charge is -2.30. The summed E-state index contributed by atoms with van der Waals surface area (Å²) in [5.41, 5.74) is 0. The van der Waals surface area contributed by atoms with Crippen LogP contribution in [0.15, 0.2) is 6.07 Å². The Bertz CT molecular complexity index is 500. The molecule has 1 heterocycles. The fraction of sp³-hybridized carbons (Fsp3) is 0.600. The fourth-order valence-electron chi connectivity index (χ4n) is 2.24. The van der Waals surface area contributed by atoms with Crippen molar-refractivity contribution in [1.29, 1.82) is 0 Å². The van der Waals surface area contributed by atoms with Crippen molar-refractivity contribution >= 4 is 23.2 Å². The summed E-state index contributed by atoms with van der Waals surface area (Å²) < 4.78 is 5.46. The lowest BCUT2D eigenvalue weighted by Crippen LogP contribution is -2.44. The van der Waals surface area contributed by atoms with Gasteiger partial charge in [0.15, 0.2) is 11.5 Å². The first-order chi connectivity index (χ1) is 9.77. The van der Waals surface area contributed by atoms with Gasteiger partial charge in [-0.3, -0.25) is 4.79 Å². The van der Waals surface area contributed by atoms with Gasteiger partial charge in [0.1, 0.15) is 5.75 Å². The number of aryl methyl sites for hydroxylation is 1. The summed E-state index contributed by atoms with van der Waals surface area (Å²) in [7, 11) is 0. The average Bonchev–Trinajstić information content (AvgIpc) is 2.78. The Morgan fingerprint density at radius 1 is 1.29 bits per heavy atom. The summed E-state index contributed by atoms with van der Waals surface area (Å²) in [6, 6.07) is 1.86. The Balaban J connectivity index is 2.81. The van der Waals surface area contributed by atoms with Gasteiger partial charge in [-0.05, 0) is 40.2 Å². The van der Waals surface area contributed by atoms with Gasteiger partial charge < -0.3 is 14.7 Å². The van der Waals surface area contributed by atoms with Gasteiger partial charge in [0, 0.05) is 17.0 Å². The van der Waals surface area contributed by atoms with E-state index >= 15 is 0 Å². The minimum atomic E-state index is -1.02. The average molecular weight is 313 g/mol. The van der Waals surface area contributed by atoms with Crippen LogP contribution in [0.2, 0.25) is 0 Å². The Kier molecular flexibility index (Phi) is 6.20. The molecular formula is C15H23NO4S. The molecule has 6 heteroatoms. The molecular weight excluding hydrogens is 290 g/mol. The molecule has 0 bridgehead atoms. The van der Waals surface area contributed by atoms with E-state index in [0.717, 1.165) is 11.3 Å². The van der Waals surface area contributed by atoms with Crippen LogP contribution in [0.25, 0.3) is 0 Å². The third-order valence-corrected chi connectivity index (χ3v) is 4.29. The van der Waals surface area contributed by atoms with Crippen LogP contribution in [0.5, 0.6) is 5.75 Å². The SMILES string of the molecule is CCc1cc(OCC(=O)N(C(C)C)C(C)C)c(C(=O)O)s1. The summed E-state index contributed by atoms with van der Waals surface area (Å²) in [5, 5.41) is 9.16. The molecule has 21 heavy (non-hydrogen) atoms. The third-order valence-electron chi connectivity index (χ3n) is 3.04. The van der Waals surface area contributed by atoms with Gasteiger partial charge in [0.2, 0.25) is 0 Å². The maximum absolute atomic E-state index is 12.2. The van der Waals surface area contributed by atoms with Crippen LogP contribution in [-0.4, -0.2) is 40.6 Å². The second kappa shape index (κ2) is 7.45. The van der Waals surface area contributed by atoms with Gasteiger partial charge in [-0.25, -0.2) is 4.79 Å². The highest BCUT2D eigenvalue weighted by Gasteiger charge is 2.22. The largest absolute Gasteiger partial charge is 0.482 e. The van der Waals surface area contributed by atoms with E-state index in [1.807, 2.05) is 34.6 Å². The number of amides is 1. The number of hydrogen-bond acceptors (Lipinski definition) is 4. The van der Waals surface area contributed by atoms with E-state index in [2.05, 4.69) is 0 Å². The van der Waals surface area contributed by atoms with Crippen molar-refractivity contribution in [2.24, 2.45) is 0 Å². The smallest absolute Gasteiger partial charge is 0.349 e. The normalized spacial score (nSPS) is 11.0. The predicted octanol–water partition coefficient (Wildman–Crippen LogP) is 3.03. The molecule has 0 radical (unpaired) electrons. The molecule has 0 aromatic carbocycles. The van der Waals surface area contributed by atoms with Crippen molar-refractivity contribution in [2.45, 2.75) is 53.1 Å². The topological polar surface area (TPSA) is 66.8 Å². The van der Waals surface area contributed by atoms with Crippen molar-refractivity contribution in [3.63, 3.8) is 0 Å². The predicted molar refractivity (Wildman–Crippen MR) is 83.3 cm³/mol. The molecule has 1 aromatic heterocycles. The maximum Gasteiger partial charge on any atom is 0.349 e. The van der Waals surface area contributed by atoms with Gasteiger partial charge in [-0.2, -0.15) is 0 Å². The number of carbonyl (C=O) groups is 2. The number of nitrogens with zero attached hydrogens (tertiary/aromatic N) is 1. The molecule has 0 aliphatic carbocycles. The van der Waals surface area contributed by atoms with Crippen LogP contribution in [0, 0.1) is 0 Å². The van der Waals surface area contributed by atoms with Crippen LogP contribution in [0.3, 0.4) is 0 Å². The van der Waals surface area contributed by atoms with Crippen LogP contribution in [0.4, 0.5) is 0 Å². The molecule has 1 rings (SSSR count). The molecule has 0 aliphatic heterocycles. The van der Waals surface area contributed by atoms with Crippen molar-refractivity contribution in [3.05, 3.63) is 15.8 Å². The van der Waals surface area contributed by atoms with Crippen LogP contribution in [0.1, 0.15) is 49.2 Å². The lowest BCUT2D eigenvalue weighted by molar-refractivity contribution is -0.137. The summed E-state index contributed by atoms with van der Waals surface area (Å²) in [6.45, 7) is 9.59. The Hall–Kier alpha value is -1.56. The molecule has 0 fully saturated rings. The van der Waals surface area contributed by atoms with Crippen molar-refractivity contribution < 1.29 is 19.4 Å². The highest BCUT2D eigenvalue weighted by Crippen LogP contribution is 2.30. The Morgan fingerprint density at radius 3 is 2.29 bits per heavy atom. The zero-order chi connectivity index (χ0) is 16.2. The second-order valence-corrected chi connectivity index (χ2v) is 6.48. The molecule has 0 spiro atoms. The maximum atomic E-state index is 12.2. The number of hydrogen-bond donors (Lipinski definition) is 1. The summed E-state index contributed by atoms with van der Waals surface area (Å²) in [5.74, 6) is -0.877. The van der Waals surface area contributed by atoms with E-state index in [1.54, 1.807) is 11.0 Å². The van der Waals surface area contributed by atoms with Gasteiger partial charge >= 0.3 is 5.97 Å². The van der Waals surface area contributed by atoms with Crippen LogP contribution < -0.4 is 4.74 Å². The number of carbonyl (C=O) groups excluding carboxylic acids is 1. The van der Waals surface area contributed by atoms with E-state index in [0.29, 0.717) is 0 Å². The minimum absolute atomic E-state index is 0.0775. The number of ether oxygens (including phenoxy) is 1. The zero-order valence-corrected chi connectivity index (χ0v) is 14.0. The summed E-state index contributed by atoms with van der Waals surface area (Å²) in [4.78, 5) is 26.2. The molecule has 118 valence electrons. The quantitative estimate of drug-likeness (QED) is 0.840. The first-order valence-corrected chi connectivity index (χ1v) is 7.89. The molecule has 0 unspecified atom stereocenters. The van der Waals surface area contributed by atoms with Crippen LogP contribution >= 0.6 is 11.3 Å². The number of thiophene rings is 1. The number of carboxylic acids is 1. The van der Waals surface area contributed by atoms with Gasteiger partial charge in [-0.15, -0.1) is 11.3 Å². The van der Waals surface area contributed by atoms with E-state index in [9.17, 15) is 9.59 Å². The van der Waals surface area contributed by atoms with E-state index in [4.69, 9.17) is 9.84 Å². The fourth-order valence-corrected chi connectivity index (χ4v) is 3.12. The molecule has 1 N–H and O–H groups in total. The second-order valence-electron chi connectivity index (χ2n) is 5.34. The first-order valence-electron chi connectivity index (χ1n) is 7.07. The third kappa shape index (κ3) is 4.46. The van der Waals surface area contributed by atoms with Gasteiger partial charge in [-0.1, -0.05) is 6.92 Å². The van der Waals surface area contributed by atoms with E-state index < -0.39 is 5.97 Å². The summed E-state index contributed by atoms with van der Waals surface area (Å²) >= 11 is 1.19. The van der Waals surface area contributed by atoms with Crippen molar-refractivity contribution in [3.8, 4) is 5.75 Å². The van der Waals surface area contributed by atoms with Crippen molar-refractivity contribution in [2.75, 3.05) is 6.61 Å². The monoisotopic (exact) mass is 313 g/mol. The van der Waals surface area contributed by atoms with E-state index in [-0.39, 0.29) is 35.2 Å². The van der Waals surface area contributed by atoms with Crippen LogP contribution in [-0.2, 0) is 11.2 Å². The first kappa shape index (κ1) is 17.5. The zero-order valence-electron chi connectivity index (χ0n) is 13.2. The molecule has 0 atom stereocenters. The molecule has 0 saturated carbocycles. The highest BCUT2D eigenvalue weighted by atomic mass is 32.1. The Morgan fingerprint density at radius 2 is 1.86 bits per heavy atom. The van der Waals surface area contributed by atoms with Gasteiger partial charge in [0.05, 0.1) is 0 Å². The lowest BCUT2D eigenvalue weighted by atomic mass is 10.2. The van der Waals surface area contributed by atoms with Gasteiger partial charge in [0.25, 0.3) is 5.91 Å². The molecule has 1 aromatic rings. The molecule has 0 saturated heterocycles. The summed E-state index contributed by atoms with van der Waals surface area (Å²) in [6.07, 6.45) is 0.742. The number of aromatic carboxylic acids is 1. The number of carboxylic acid groups (broad SMARTS) is 1. The minimum Gasteiger partial charge on any atom is -0.482 e. The molecule has 0 aliphatic rings. The van der Waals surface area contributed by atoms with E-state index in [1.165, 1.54) is 11.3 Å². The van der Waals surface area contributed by atoms with Crippen molar-refractivity contribution in [1.82, 2.24) is 4.90 Å². The highest BCUT2D eigenvalue weighted by molar-refractivity contribution is 7.14. The molecule has 5 nitrogen and oxygen atoms in total. The standard InChI is InChI=1S/C15H23NO4S/c1-6-11-7-12(14(21-11)15(18)19)20-8-13(17)16(9(2)3)10(4)5/h7,9-10H,6,8H2,1-5H3,(H,18,19). The number of rotatable bonds is 7.